The number of nitrogens with zero attached hydrogens (tertiary/aromatic N) is 1. The molecule has 3 fully saturated rings. The number of hydrogen-bond donors (Lipinski definition) is 2. The molecule has 0 amide bonds. The highest BCUT2D eigenvalue weighted by Gasteiger charge is 2.38. The van der Waals surface area contributed by atoms with Crippen molar-refractivity contribution in [1.29, 1.82) is 0 Å². The highest BCUT2D eigenvalue weighted by atomic mass is 32.2. The number of fused-ring (bicyclic) bond motifs is 3. The standard InChI is InChI=1S/C14H22N2O4S/c1-9-12(8-17)14(10(2)20-9)21(18,19)15-13-7-16-5-3-11(13)4-6-16/h11,13,15,17H,3-8H2,1-2H3. The van der Waals surface area contributed by atoms with Crippen LogP contribution >= 0.6 is 0 Å². The van der Waals surface area contributed by atoms with Crippen LogP contribution in [0.5, 0.6) is 0 Å². The monoisotopic (exact) mass is 314 g/mol. The molecule has 7 heteroatoms. The van der Waals surface area contributed by atoms with Crippen LogP contribution in [0.1, 0.15) is 29.9 Å². The lowest BCUT2D eigenvalue weighted by atomic mass is 9.85. The minimum atomic E-state index is -3.67. The number of sulfonamides is 1. The second-order valence-electron chi connectivity index (χ2n) is 6.05. The molecule has 2 N–H and O–H groups in total. The Hall–Kier alpha value is -0.890. The Balaban J connectivity index is 1.88. The van der Waals surface area contributed by atoms with Gasteiger partial charge in [0.15, 0.2) is 0 Å². The highest BCUT2D eigenvalue weighted by molar-refractivity contribution is 7.89. The first-order valence-electron chi connectivity index (χ1n) is 7.37. The van der Waals surface area contributed by atoms with Gasteiger partial charge in [0, 0.05) is 18.2 Å². The summed E-state index contributed by atoms with van der Waals surface area (Å²) in [5.74, 6) is 1.21. The first kappa shape index (κ1) is 15.0. The van der Waals surface area contributed by atoms with Gasteiger partial charge in [-0.2, -0.15) is 0 Å². The third-order valence-corrected chi connectivity index (χ3v) is 6.40. The van der Waals surface area contributed by atoms with Crippen LogP contribution in [0.25, 0.3) is 0 Å². The number of aryl methyl sites for hydroxylation is 2. The van der Waals surface area contributed by atoms with Gasteiger partial charge in [0.2, 0.25) is 10.0 Å². The van der Waals surface area contributed by atoms with Crippen molar-refractivity contribution in [2.24, 2.45) is 5.92 Å². The average molecular weight is 314 g/mol. The SMILES string of the molecule is Cc1oc(C)c(S(=O)(=O)NC2CN3CCC2CC3)c1CO. The van der Waals surface area contributed by atoms with Gasteiger partial charge in [0.1, 0.15) is 16.4 Å². The van der Waals surface area contributed by atoms with Crippen molar-refractivity contribution < 1.29 is 17.9 Å². The number of hydrogen-bond acceptors (Lipinski definition) is 5. The van der Waals surface area contributed by atoms with Crippen LogP contribution in [0.2, 0.25) is 0 Å². The Morgan fingerprint density at radius 2 is 1.95 bits per heavy atom. The maximum absolute atomic E-state index is 12.7. The van der Waals surface area contributed by atoms with Gasteiger partial charge in [-0.1, -0.05) is 0 Å². The summed E-state index contributed by atoms with van der Waals surface area (Å²) in [5.41, 5.74) is 0.362. The van der Waals surface area contributed by atoms with E-state index < -0.39 is 10.0 Å². The summed E-state index contributed by atoms with van der Waals surface area (Å²) in [5, 5.41) is 9.43. The summed E-state index contributed by atoms with van der Waals surface area (Å²) in [4.78, 5) is 2.41. The number of aliphatic hydroxyl groups is 1. The summed E-state index contributed by atoms with van der Waals surface area (Å²) in [6.07, 6.45) is 2.09. The molecule has 3 aliphatic rings. The Kier molecular flexibility index (Phi) is 3.85. The lowest BCUT2D eigenvalue weighted by molar-refractivity contribution is 0.0827. The average Bonchev–Trinajstić information content (AvgIpc) is 2.74. The van der Waals surface area contributed by atoms with Crippen molar-refractivity contribution in [2.45, 2.75) is 44.2 Å². The van der Waals surface area contributed by atoms with Gasteiger partial charge in [-0.15, -0.1) is 0 Å². The molecule has 1 aromatic rings. The van der Waals surface area contributed by atoms with Gasteiger partial charge >= 0.3 is 0 Å². The predicted molar refractivity (Wildman–Crippen MR) is 77.4 cm³/mol. The quantitative estimate of drug-likeness (QED) is 0.857. The van der Waals surface area contributed by atoms with E-state index in [-0.39, 0.29) is 17.5 Å². The van der Waals surface area contributed by atoms with Gasteiger partial charge < -0.3 is 14.4 Å². The molecule has 1 aromatic heterocycles. The third kappa shape index (κ3) is 2.63. The summed E-state index contributed by atoms with van der Waals surface area (Å²) in [6.45, 7) is 5.86. The molecule has 118 valence electrons. The largest absolute Gasteiger partial charge is 0.465 e. The fourth-order valence-electron chi connectivity index (χ4n) is 3.60. The van der Waals surface area contributed by atoms with E-state index in [0.717, 1.165) is 32.5 Å². The Morgan fingerprint density at radius 1 is 1.29 bits per heavy atom. The van der Waals surface area contributed by atoms with E-state index in [0.29, 0.717) is 23.0 Å². The number of aliphatic hydroxyl groups excluding tert-OH is 1. The molecule has 0 radical (unpaired) electrons. The van der Waals surface area contributed by atoms with E-state index in [1.54, 1.807) is 13.8 Å². The maximum Gasteiger partial charge on any atom is 0.244 e. The van der Waals surface area contributed by atoms with Gasteiger partial charge in [0.25, 0.3) is 0 Å². The molecule has 0 spiro atoms. The zero-order chi connectivity index (χ0) is 15.2. The minimum Gasteiger partial charge on any atom is -0.465 e. The van der Waals surface area contributed by atoms with E-state index in [1.165, 1.54) is 0 Å². The summed E-state index contributed by atoms with van der Waals surface area (Å²) in [7, 11) is -3.67. The molecule has 1 unspecified atom stereocenters. The molecule has 0 saturated carbocycles. The fourth-order valence-corrected chi connectivity index (χ4v) is 5.34. The molecule has 21 heavy (non-hydrogen) atoms. The van der Waals surface area contributed by atoms with Gasteiger partial charge in [-0.3, -0.25) is 0 Å². The normalized spacial score (nSPS) is 29.0. The topological polar surface area (TPSA) is 82.8 Å². The van der Waals surface area contributed by atoms with Crippen molar-refractivity contribution >= 4 is 10.0 Å². The lowest BCUT2D eigenvalue weighted by Crippen LogP contribution is -2.57. The molecule has 0 aliphatic carbocycles. The molecule has 6 nitrogen and oxygen atoms in total. The molecular formula is C14H22N2O4S. The van der Waals surface area contributed by atoms with Gasteiger partial charge in [0.05, 0.1) is 6.61 Å². The molecule has 3 saturated heterocycles. The van der Waals surface area contributed by atoms with E-state index in [1.807, 2.05) is 0 Å². The van der Waals surface area contributed by atoms with E-state index in [2.05, 4.69) is 9.62 Å². The summed E-state index contributed by atoms with van der Waals surface area (Å²) >= 11 is 0. The number of furan rings is 1. The zero-order valence-corrected chi connectivity index (χ0v) is 13.2. The molecule has 4 heterocycles. The first-order valence-corrected chi connectivity index (χ1v) is 8.85. The second kappa shape index (κ2) is 5.39. The van der Waals surface area contributed by atoms with Crippen LogP contribution in [0.4, 0.5) is 0 Å². The predicted octanol–water partition coefficient (Wildman–Crippen LogP) is 0.761. The maximum atomic E-state index is 12.7. The Morgan fingerprint density at radius 3 is 2.48 bits per heavy atom. The molecule has 2 bridgehead atoms. The highest BCUT2D eigenvalue weighted by Crippen LogP contribution is 2.31. The van der Waals surface area contributed by atoms with Crippen molar-refractivity contribution in [1.82, 2.24) is 9.62 Å². The van der Waals surface area contributed by atoms with E-state index >= 15 is 0 Å². The molecule has 4 rings (SSSR count). The van der Waals surface area contributed by atoms with Gasteiger partial charge in [-0.25, -0.2) is 13.1 Å². The molecule has 3 aliphatic heterocycles. The molecular weight excluding hydrogens is 292 g/mol. The van der Waals surface area contributed by atoms with E-state index in [4.69, 9.17) is 4.42 Å². The van der Waals surface area contributed by atoms with Crippen LogP contribution in [0.3, 0.4) is 0 Å². The minimum absolute atomic E-state index is 0.0429. The van der Waals surface area contributed by atoms with Crippen molar-refractivity contribution in [2.75, 3.05) is 19.6 Å². The first-order chi connectivity index (χ1) is 9.92. The lowest BCUT2D eigenvalue weighted by Gasteiger charge is -2.44. The zero-order valence-electron chi connectivity index (χ0n) is 12.4. The van der Waals surface area contributed by atoms with Crippen LogP contribution in [-0.2, 0) is 16.6 Å². The van der Waals surface area contributed by atoms with Crippen molar-refractivity contribution in [3.8, 4) is 0 Å². The number of rotatable bonds is 4. The molecule has 0 aromatic carbocycles. The number of nitrogens with one attached hydrogen (secondary N) is 1. The second-order valence-corrected chi connectivity index (χ2v) is 7.70. The van der Waals surface area contributed by atoms with Crippen LogP contribution in [-0.4, -0.2) is 44.1 Å². The summed E-state index contributed by atoms with van der Waals surface area (Å²) < 4.78 is 33.6. The van der Waals surface area contributed by atoms with E-state index in [9.17, 15) is 13.5 Å². The Bertz CT molecular complexity index is 630. The van der Waals surface area contributed by atoms with Crippen LogP contribution < -0.4 is 4.72 Å². The number of piperidine rings is 3. The van der Waals surface area contributed by atoms with Crippen molar-refractivity contribution in [3.05, 3.63) is 17.1 Å². The van der Waals surface area contributed by atoms with Crippen LogP contribution in [0.15, 0.2) is 9.31 Å². The fraction of sp³-hybridized carbons (Fsp3) is 0.714. The smallest absolute Gasteiger partial charge is 0.244 e. The molecule has 1 atom stereocenters. The van der Waals surface area contributed by atoms with Crippen molar-refractivity contribution in [3.63, 3.8) is 0 Å². The third-order valence-electron chi connectivity index (χ3n) is 4.71. The Labute approximate surface area is 125 Å². The van der Waals surface area contributed by atoms with Gasteiger partial charge in [-0.05, 0) is 45.7 Å². The summed E-state index contributed by atoms with van der Waals surface area (Å²) in [6, 6.07) is -0.0429. The van der Waals surface area contributed by atoms with Crippen LogP contribution in [0, 0.1) is 19.8 Å².